The van der Waals surface area contributed by atoms with Crippen LogP contribution in [0.15, 0.2) is 0 Å². The van der Waals surface area contributed by atoms with Crippen LogP contribution in [0, 0.1) is 5.92 Å². The number of thioether (sulfide) groups is 3. The Kier molecular flexibility index (Phi) is 26.8. The number of hydrogen-bond acceptors (Lipinski definition) is 15. The Bertz CT molecular complexity index is 1560. The second kappa shape index (κ2) is 29.9. The van der Waals surface area contributed by atoms with E-state index >= 15 is 0 Å². The number of primary amides is 1. The molecule has 0 spiro atoms. The summed E-state index contributed by atoms with van der Waals surface area (Å²) >= 11 is 3.77. The number of nitrogens with two attached hydrogens (primary N) is 2. The fraction of sp³-hybridized carbons (Fsp3) is 0.730. The second-order valence-electron chi connectivity index (χ2n) is 14.8. The van der Waals surface area contributed by atoms with Crippen molar-refractivity contribution < 1.29 is 58.2 Å². The topological polar surface area (TPSA) is 359 Å². The van der Waals surface area contributed by atoms with E-state index in [0.29, 0.717) is 36.6 Å². The lowest BCUT2D eigenvalue weighted by atomic mass is 10.0. The summed E-state index contributed by atoms with van der Waals surface area (Å²) < 4.78 is 0. The van der Waals surface area contributed by atoms with Crippen LogP contribution in [0.25, 0.3) is 0 Å². The van der Waals surface area contributed by atoms with Gasteiger partial charge in [0, 0.05) is 36.4 Å². The molecule has 0 radical (unpaired) electrons. The maximum absolute atomic E-state index is 13.8. The van der Waals surface area contributed by atoms with Gasteiger partial charge in [-0.25, -0.2) is 0 Å². The Hall–Kier alpha value is -4.33. The number of amides is 9. The molecular formula is C37H64N10O12S3. The SMILES string of the molecule is CSCC[C@@H]1NC(=O)CNC(=O)[C@H]([C@@H](C)O)NC(=O)[C@@H](NC(=O)[C@H](CCCCN)NC(=O)[C@@H](NC(C)=O)C(C)C)CSCCSC[C@H](C(=O)N[C@@H](CCC(=O)O)C(N)=O)NC1=O. The van der Waals surface area contributed by atoms with Gasteiger partial charge in [-0.1, -0.05) is 13.8 Å². The first-order valence-corrected chi connectivity index (χ1v) is 23.8. The molecule has 0 aromatic rings. The van der Waals surface area contributed by atoms with Crippen molar-refractivity contribution in [2.75, 3.05) is 48.1 Å². The lowest BCUT2D eigenvalue weighted by Gasteiger charge is -2.28. The predicted molar refractivity (Wildman–Crippen MR) is 235 cm³/mol. The van der Waals surface area contributed by atoms with E-state index in [4.69, 9.17) is 16.6 Å². The third-order valence-electron chi connectivity index (χ3n) is 9.15. The van der Waals surface area contributed by atoms with Gasteiger partial charge in [-0.2, -0.15) is 35.3 Å². The van der Waals surface area contributed by atoms with Gasteiger partial charge in [0.05, 0.1) is 12.6 Å². The van der Waals surface area contributed by atoms with Crippen molar-refractivity contribution in [1.29, 1.82) is 0 Å². The molecule has 0 aromatic heterocycles. The molecule has 22 nitrogen and oxygen atoms in total. The molecule has 9 amide bonds. The first-order chi connectivity index (χ1) is 29.2. The zero-order valence-corrected chi connectivity index (χ0v) is 38.2. The number of aliphatic carboxylic acids is 1. The van der Waals surface area contributed by atoms with E-state index in [2.05, 4.69) is 42.5 Å². The van der Waals surface area contributed by atoms with Gasteiger partial charge in [-0.15, -0.1) is 0 Å². The van der Waals surface area contributed by atoms with E-state index in [0.717, 1.165) is 0 Å². The first-order valence-electron chi connectivity index (χ1n) is 20.1. The van der Waals surface area contributed by atoms with Crippen molar-refractivity contribution in [1.82, 2.24) is 42.5 Å². The van der Waals surface area contributed by atoms with Gasteiger partial charge in [0.1, 0.15) is 42.3 Å². The highest BCUT2D eigenvalue weighted by Gasteiger charge is 2.34. The maximum Gasteiger partial charge on any atom is 0.303 e. The quantitative estimate of drug-likeness (QED) is 0.0522. The summed E-state index contributed by atoms with van der Waals surface area (Å²) in [6.45, 7) is 5.53. The van der Waals surface area contributed by atoms with E-state index in [1.165, 1.54) is 49.1 Å². The molecule has 352 valence electrons. The summed E-state index contributed by atoms with van der Waals surface area (Å²) in [5.41, 5.74) is 11.1. The third kappa shape index (κ3) is 21.6. The molecule has 1 fully saturated rings. The Balaban J connectivity index is 3.50. The molecule has 0 saturated carbocycles. The average Bonchev–Trinajstić information content (AvgIpc) is 3.19. The van der Waals surface area contributed by atoms with Crippen LogP contribution in [-0.4, -0.2) is 166 Å². The van der Waals surface area contributed by atoms with Crippen molar-refractivity contribution in [2.24, 2.45) is 17.4 Å². The molecule has 0 unspecified atom stereocenters. The van der Waals surface area contributed by atoms with Gasteiger partial charge in [0.25, 0.3) is 0 Å². The van der Waals surface area contributed by atoms with Crippen LogP contribution in [0.4, 0.5) is 0 Å². The number of carbonyl (C=O) groups is 10. The van der Waals surface area contributed by atoms with E-state index < -0.39 is 120 Å². The molecular weight excluding hydrogens is 873 g/mol. The number of rotatable bonds is 20. The summed E-state index contributed by atoms with van der Waals surface area (Å²) in [6, 6.07) is -8.93. The first kappa shape index (κ1) is 55.7. The molecule has 1 saturated heterocycles. The third-order valence-corrected chi connectivity index (χ3v) is 12.2. The summed E-state index contributed by atoms with van der Waals surface area (Å²) in [5, 5.41) is 39.8. The molecule has 0 bridgehead atoms. The Labute approximate surface area is 374 Å². The normalized spacial score (nSPS) is 21.7. The number of nitrogens with one attached hydrogen (secondary N) is 8. The van der Waals surface area contributed by atoms with E-state index in [1.807, 2.05) is 0 Å². The molecule has 0 aromatic carbocycles. The molecule has 1 aliphatic rings. The minimum atomic E-state index is -1.60. The van der Waals surface area contributed by atoms with Gasteiger partial charge in [0.2, 0.25) is 53.2 Å². The zero-order valence-electron chi connectivity index (χ0n) is 35.7. The minimum absolute atomic E-state index is 0.0570. The van der Waals surface area contributed by atoms with Crippen LogP contribution in [0.3, 0.4) is 0 Å². The fourth-order valence-corrected chi connectivity index (χ4v) is 8.41. The van der Waals surface area contributed by atoms with E-state index in [9.17, 15) is 53.1 Å². The Morgan fingerprint density at radius 3 is 2.08 bits per heavy atom. The molecule has 8 atom stereocenters. The van der Waals surface area contributed by atoms with Gasteiger partial charge in [-0.05, 0) is 63.5 Å². The highest BCUT2D eigenvalue weighted by atomic mass is 32.2. The standard InChI is InChI=1S/C37H64N10O12S3/c1-19(2)29(41-21(4)49)37(59)44-23(8-6-7-12-38)32(54)46-26-18-62-15-14-61-17-25(34(56)43-22(31(39)53)9-10-28(51)52)45-33(55)24(11-13-60-5)42-27(50)16-40-36(58)30(20(3)48)47-35(26)57/h19-20,22-26,29-30,48H,6-18,38H2,1-5H3,(H2,39,53)(H,40,58)(H,41,49)(H,42,50)(H,43,56)(H,44,59)(H,45,55)(H,46,54)(H,47,57)(H,51,52)/t20-,22+,23+,24+,25-,26+,29+,30+/m1/s1. The highest BCUT2D eigenvalue weighted by molar-refractivity contribution is 8.03. The lowest BCUT2D eigenvalue weighted by molar-refractivity contribution is -0.138. The van der Waals surface area contributed by atoms with Crippen molar-refractivity contribution in [3.8, 4) is 0 Å². The molecule has 1 aliphatic heterocycles. The zero-order chi connectivity index (χ0) is 46.9. The number of carbonyl (C=O) groups excluding carboxylic acids is 9. The number of aliphatic hydroxyl groups excluding tert-OH is 1. The van der Waals surface area contributed by atoms with Crippen LogP contribution in [0.5, 0.6) is 0 Å². The van der Waals surface area contributed by atoms with E-state index in [1.54, 1.807) is 20.1 Å². The van der Waals surface area contributed by atoms with Crippen molar-refractivity contribution in [3.63, 3.8) is 0 Å². The molecule has 1 rings (SSSR count). The second-order valence-corrected chi connectivity index (χ2v) is 18.1. The van der Waals surface area contributed by atoms with Crippen molar-refractivity contribution in [3.05, 3.63) is 0 Å². The van der Waals surface area contributed by atoms with Gasteiger partial charge in [0.15, 0.2) is 0 Å². The number of carboxylic acid groups (broad SMARTS) is 1. The van der Waals surface area contributed by atoms with Crippen LogP contribution in [-0.2, 0) is 47.9 Å². The summed E-state index contributed by atoms with van der Waals surface area (Å²) in [4.78, 5) is 129. The maximum atomic E-state index is 13.8. The molecule has 1 heterocycles. The van der Waals surface area contributed by atoms with Crippen LogP contribution < -0.4 is 54.0 Å². The molecule has 14 N–H and O–H groups in total. The Morgan fingerprint density at radius 1 is 0.855 bits per heavy atom. The fourth-order valence-electron chi connectivity index (χ4n) is 5.72. The van der Waals surface area contributed by atoms with Crippen molar-refractivity contribution in [2.45, 2.75) is 115 Å². The number of carboxylic acids is 1. The summed E-state index contributed by atoms with van der Waals surface area (Å²) in [5.74, 6) is -7.76. The predicted octanol–water partition coefficient (Wildman–Crippen LogP) is -3.73. The van der Waals surface area contributed by atoms with Crippen molar-refractivity contribution >= 4 is 94.4 Å². The molecule has 25 heteroatoms. The smallest absolute Gasteiger partial charge is 0.303 e. The van der Waals surface area contributed by atoms with Gasteiger partial charge in [-0.3, -0.25) is 47.9 Å². The largest absolute Gasteiger partial charge is 0.481 e. The summed E-state index contributed by atoms with van der Waals surface area (Å²) in [7, 11) is 0. The summed E-state index contributed by atoms with van der Waals surface area (Å²) in [6.07, 6.45) is 0.674. The van der Waals surface area contributed by atoms with Crippen LogP contribution in [0.1, 0.15) is 66.2 Å². The van der Waals surface area contributed by atoms with Gasteiger partial charge < -0.3 is 64.2 Å². The Morgan fingerprint density at radius 2 is 1.52 bits per heavy atom. The molecule has 0 aliphatic carbocycles. The number of hydrogen-bond donors (Lipinski definition) is 12. The highest BCUT2D eigenvalue weighted by Crippen LogP contribution is 2.14. The number of aliphatic hydroxyl groups is 1. The van der Waals surface area contributed by atoms with Crippen LogP contribution >= 0.6 is 35.3 Å². The minimum Gasteiger partial charge on any atom is -0.481 e. The average molecular weight is 937 g/mol. The monoisotopic (exact) mass is 936 g/mol. The molecule has 62 heavy (non-hydrogen) atoms. The lowest BCUT2D eigenvalue weighted by Crippen LogP contribution is -2.61. The van der Waals surface area contributed by atoms with Crippen LogP contribution in [0.2, 0.25) is 0 Å². The number of unbranched alkanes of at least 4 members (excludes halogenated alkanes) is 1. The van der Waals surface area contributed by atoms with Gasteiger partial charge >= 0.3 is 5.97 Å². The van der Waals surface area contributed by atoms with E-state index in [-0.39, 0.29) is 36.7 Å².